The number of amides is 3. The predicted molar refractivity (Wildman–Crippen MR) is 136 cm³/mol. The van der Waals surface area contributed by atoms with Gasteiger partial charge in [-0.15, -0.1) is 0 Å². The van der Waals surface area contributed by atoms with Crippen LogP contribution in [-0.4, -0.2) is 57.8 Å². The Hall–Kier alpha value is -3.59. The summed E-state index contributed by atoms with van der Waals surface area (Å²) in [5.74, 6) is -1.47. The van der Waals surface area contributed by atoms with Gasteiger partial charge >= 0.3 is 6.09 Å². The molecule has 2 aromatic rings. The van der Waals surface area contributed by atoms with Crippen molar-refractivity contribution in [1.82, 2.24) is 15.5 Å². The molecule has 196 valence electrons. The summed E-state index contributed by atoms with van der Waals surface area (Å²) in [5.41, 5.74) is 0.468. The van der Waals surface area contributed by atoms with Gasteiger partial charge in [-0.05, 0) is 49.9 Å². The number of carbonyl (C=O) groups excluding carboxylic acids is 3. The maximum absolute atomic E-state index is 13.8. The Labute approximate surface area is 212 Å². The molecule has 0 heterocycles. The number of nitrogens with zero attached hydrogens (tertiary/aromatic N) is 1. The topological polar surface area (TPSA) is 128 Å². The summed E-state index contributed by atoms with van der Waals surface area (Å²) in [6.45, 7) is 8.30. The molecule has 0 bridgehead atoms. The van der Waals surface area contributed by atoms with Gasteiger partial charge in [0.1, 0.15) is 23.4 Å². The molecule has 2 aromatic carbocycles. The van der Waals surface area contributed by atoms with Gasteiger partial charge in [0, 0.05) is 13.1 Å². The van der Waals surface area contributed by atoms with Gasteiger partial charge in [-0.1, -0.05) is 56.3 Å². The molecule has 0 saturated carbocycles. The smallest absolute Gasteiger partial charge is 0.408 e. The summed E-state index contributed by atoms with van der Waals surface area (Å²) in [7, 11) is 0. The zero-order chi connectivity index (χ0) is 26.9. The summed E-state index contributed by atoms with van der Waals surface area (Å²) in [6, 6.07) is 13.2. The van der Waals surface area contributed by atoms with E-state index in [4.69, 9.17) is 4.74 Å². The minimum atomic E-state index is -1.16. The summed E-state index contributed by atoms with van der Waals surface area (Å²) in [5, 5.41) is 25.3. The minimum absolute atomic E-state index is 0.0722. The highest BCUT2D eigenvalue weighted by molar-refractivity contribution is 5.92. The maximum Gasteiger partial charge on any atom is 0.408 e. The van der Waals surface area contributed by atoms with Gasteiger partial charge in [-0.2, -0.15) is 0 Å². The second-order valence-corrected chi connectivity index (χ2v) is 9.82. The van der Waals surface area contributed by atoms with Gasteiger partial charge in [0.05, 0.1) is 6.61 Å². The molecule has 0 spiro atoms. The maximum atomic E-state index is 13.8. The highest BCUT2D eigenvalue weighted by Crippen LogP contribution is 2.26. The lowest BCUT2D eigenvalue weighted by molar-refractivity contribution is -0.144. The van der Waals surface area contributed by atoms with Crippen molar-refractivity contribution in [2.75, 3.05) is 13.2 Å². The zero-order valence-corrected chi connectivity index (χ0v) is 21.5. The first-order chi connectivity index (χ1) is 16.9. The van der Waals surface area contributed by atoms with E-state index >= 15 is 0 Å². The number of phenolic OH excluding ortho intramolecular Hbond substituents is 1. The Balaban J connectivity index is 2.40. The molecule has 0 aliphatic rings. The number of hydrogen-bond acceptors (Lipinski definition) is 6. The second-order valence-electron chi connectivity index (χ2n) is 9.82. The van der Waals surface area contributed by atoms with Gasteiger partial charge in [0.2, 0.25) is 11.8 Å². The Morgan fingerprint density at radius 1 is 1.03 bits per heavy atom. The predicted octanol–water partition coefficient (Wildman–Crippen LogP) is 3.12. The highest BCUT2D eigenvalue weighted by Gasteiger charge is 2.37. The number of aliphatic hydroxyl groups excluding tert-OH is 1. The molecule has 36 heavy (non-hydrogen) atoms. The van der Waals surface area contributed by atoms with Crippen LogP contribution in [-0.2, 0) is 20.9 Å². The lowest BCUT2D eigenvalue weighted by Crippen LogP contribution is -2.55. The number of aliphatic hydroxyl groups is 1. The van der Waals surface area contributed by atoms with Crippen LogP contribution in [0.2, 0.25) is 0 Å². The zero-order valence-electron chi connectivity index (χ0n) is 21.5. The van der Waals surface area contributed by atoms with Crippen LogP contribution in [0.25, 0.3) is 0 Å². The SMILES string of the molecule is CC(C)C(NC(=O)OC(C)(C)C)C(=O)N(CCO)C(C(=O)NCc1ccccc1)c1cccc(O)c1. The average Bonchev–Trinajstić information content (AvgIpc) is 2.80. The summed E-state index contributed by atoms with van der Waals surface area (Å²) < 4.78 is 5.32. The van der Waals surface area contributed by atoms with E-state index < -0.39 is 42.2 Å². The van der Waals surface area contributed by atoms with E-state index in [2.05, 4.69) is 10.6 Å². The van der Waals surface area contributed by atoms with Gasteiger partial charge in [0.15, 0.2) is 0 Å². The van der Waals surface area contributed by atoms with Crippen LogP contribution >= 0.6 is 0 Å². The number of hydrogen-bond donors (Lipinski definition) is 4. The Kier molecular flexibility index (Phi) is 10.3. The highest BCUT2D eigenvalue weighted by atomic mass is 16.6. The summed E-state index contributed by atoms with van der Waals surface area (Å²) in [4.78, 5) is 40.9. The van der Waals surface area contributed by atoms with E-state index in [-0.39, 0.29) is 24.8 Å². The van der Waals surface area contributed by atoms with Crippen LogP contribution < -0.4 is 10.6 Å². The molecule has 9 heteroatoms. The molecule has 3 amide bonds. The number of nitrogens with one attached hydrogen (secondary N) is 2. The standard InChI is InChI=1S/C27H37N3O6/c1-18(2)22(29-26(35)36-27(3,4)5)25(34)30(14-15-31)23(20-12-9-13-21(32)16-20)24(33)28-17-19-10-7-6-8-11-19/h6-13,16,18,22-23,31-32H,14-15,17H2,1-5H3,(H,28,33)(H,29,35). The number of rotatable bonds is 10. The third-order valence-corrected chi connectivity index (χ3v) is 5.28. The molecule has 0 aliphatic heterocycles. The molecular weight excluding hydrogens is 462 g/mol. The third-order valence-electron chi connectivity index (χ3n) is 5.28. The lowest BCUT2D eigenvalue weighted by Gasteiger charge is -2.35. The van der Waals surface area contributed by atoms with Crippen LogP contribution in [0, 0.1) is 5.92 Å². The van der Waals surface area contributed by atoms with E-state index in [9.17, 15) is 24.6 Å². The molecule has 0 aromatic heterocycles. The second kappa shape index (κ2) is 12.9. The van der Waals surface area contributed by atoms with Crippen molar-refractivity contribution < 1.29 is 29.3 Å². The van der Waals surface area contributed by atoms with Crippen molar-refractivity contribution in [1.29, 1.82) is 0 Å². The van der Waals surface area contributed by atoms with Crippen molar-refractivity contribution in [3.05, 3.63) is 65.7 Å². The molecule has 4 N–H and O–H groups in total. The number of phenols is 1. The lowest BCUT2D eigenvalue weighted by atomic mass is 9.98. The fourth-order valence-corrected chi connectivity index (χ4v) is 3.65. The molecule has 0 radical (unpaired) electrons. The molecule has 0 aliphatic carbocycles. The minimum Gasteiger partial charge on any atom is -0.508 e. The summed E-state index contributed by atoms with van der Waals surface area (Å²) >= 11 is 0. The molecule has 9 nitrogen and oxygen atoms in total. The Morgan fingerprint density at radius 3 is 2.25 bits per heavy atom. The normalized spacial score (nSPS) is 13.0. The fraction of sp³-hybridized carbons (Fsp3) is 0.444. The Morgan fingerprint density at radius 2 is 1.69 bits per heavy atom. The van der Waals surface area contributed by atoms with Crippen molar-refractivity contribution in [2.24, 2.45) is 5.92 Å². The third kappa shape index (κ3) is 8.57. The molecule has 2 rings (SSSR count). The van der Waals surface area contributed by atoms with E-state index in [0.717, 1.165) is 5.56 Å². The number of carbonyl (C=O) groups is 3. The molecule has 0 saturated heterocycles. The van der Waals surface area contributed by atoms with Gasteiger partial charge in [-0.25, -0.2) is 4.79 Å². The van der Waals surface area contributed by atoms with Crippen molar-refractivity contribution in [3.8, 4) is 5.75 Å². The van der Waals surface area contributed by atoms with Crippen LogP contribution in [0.1, 0.15) is 51.8 Å². The van der Waals surface area contributed by atoms with Crippen molar-refractivity contribution in [2.45, 2.75) is 58.8 Å². The number of alkyl carbamates (subject to hydrolysis) is 1. The fourth-order valence-electron chi connectivity index (χ4n) is 3.65. The van der Waals surface area contributed by atoms with Crippen LogP contribution in [0.15, 0.2) is 54.6 Å². The number of ether oxygens (including phenoxy) is 1. The first-order valence-corrected chi connectivity index (χ1v) is 11.9. The number of aromatic hydroxyl groups is 1. The van der Waals surface area contributed by atoms with Crippen molar-refractivity contribution in [3.63, 3.8) is 0 Å². The monoisotopic (exact) mass is 499 g/mol. The average molecular weight is 500 g/mol. The van der Waals surface area contributed by atoms with Gasteiger partial charge in [0.25, 0.3) is 0 Å². The molecule has 2 atom stereocenters. The largest absolute Gasteiger partial charge is 0.508 e. The van der Waals surface area contributed by atoms with Gasteiger partial charge < -0.3 is 30.5 Å². The van der Waals surface area contributed by atoms with E-state index in [1.807, 2.05) is 30.3 Å². The quantitative estimate of drug-likeness (QED) is 0.398. The van der Waals surface area contributed by atoms with E-state index in [1.54, 1.807) is 46.8 Å². The van der Waals surface area contributed by atoms with E-state index in [0.29, 0.717) is 5.56 Å². The Bertz CT molecular complexity index is 1020. The summed E-state index contributed by atoms with van der Waals surface area (Å²) in [6.07, 6.45) is -0.763. The van der Waals surface area contributed by atoms with Crippen LogP contribution in [0.3, 0.4) is 0 Å². The molecular formula is C27H37N3O6. The van der Waals surface area contributed by atoms with Crippen LogP contribution in [0.4, 0.5) is 4.79 Å². The first-order valence-electron chi connectivity index (χ1n) is 11.9. The van der Waals surface area contributed by atoms with Gasteiger partial charge in [-0.3, -0.25) is 9.59 Å². The van der Waals surface area contributed by atoms with Crippen molar-refractivity contribution >= 4 is 17.9 Å². The van der Waals surface area contributed by atoms with Crippen LogP contribution in [0.5, 0.6) is 5.75 Å². The molecule has 0 fully saturated rings. The van der Waals surface area contributed by atoms with E-state index in [1.165, 1.54) is 17.0 Å². The first kappa shape index (κ1) is 28.6. The number of benzene rings is 2. The molecule has 2 unspecified atom stereocenters.